The smallest absolute Gasteiger partial charge is 0.126 e. The number of ether oxygens (including phenoxy) is 1. The van der Waals surface area contributed by atoms with Crippen LogP contribution in [0.2, 0.25) is 5.02 Å². The Morgan fingerprint density at radius 1 is 1.00 bits per heavy atom. The Kier molecular flexibility index (Phi) is 9.28. The highest BCUT2D eigenvalue weighted by atomic mass is 35.5. The minimum absolute atomic E-state index is 0.528. The molecule has 0 spiro atoms. The Bertz CT molecular complexity index is 771. The molecule has 0 saturated heterocycles. The molecule has 2 fully saturated rings. The van der Waals surface area contributed by atoms with Crippen LogP contribution in [0.3, 0.4) is 0 Å². The van der Waals surface area contributed by atoms with Crippen LogP contribution < -0.4 is 15.8 Å². The number of anilines is 1. The number of nitrogens with one attached hydrogen (secondary N) is 1. The van der Waals surface area contributed by atoms with E-state index >= 15 is 0 Å². The third-order valence-corrected chi connectivity index (χ3v) is 6.47. The minimum Gasteiger partial charge on any atom is -0.493 e. The summed E-state index contributed by atoms with van der Waals surface area (Å²) < 4.78 is 6.12. The summed E-state index contributed by atoms with van der Waals surface area (Å²) in [6.07, 6.45) is 14.8. The van der Waals surface area contributed by atoms with Crippen molar-refractivity contribution in [2.45, 2.75) is 70.3 Å². The molecular weight excluding hydrogens is 394 g/mol. The molecule has 2 aliphatic rings. The second kappa shape index (κ2) is 12.2. The Morgan fingerprint density at radius 2 is 1.70 bits per heavy atom. The van der Waals surface area contributed by atoms with Gasteiger partial charge in [0.05, 0.1) is 11.6 Å². The number of nitrogens with zero attached hydrogens (tertiary/aromatic N) is 1. The first-order chi connectivity index (χ1) is 14.8. The number of aromatic nitrogens is 1. The number of benzene rings is 1. The van der Waals surface area contributed by atoms with Gasteiger partial charge in [-0.05, 0) is 62.4 Å². The van der Waals surface area contributed by atoms with E-state index in [0.717, 1.165) is 29.3 Å². The molecule has 0 radical (unpaired) electrons. The lowest BCUT2D eigenvalue weighted by Crippen LogP contribution is -2.22. The second-order valence-electron chi connectivity index (χ2n) is 8.37. The first-order valence-electron chi connectivity index (χ1n) is 11.5. The summed E-state index contributed by atoms with van der Waals surface area (Å²) in [5, 5.41) is 4.28. The monoisotopic (exact) mass is 429 g/mol. The van der Waals surface area contributed by atoms with E-state index in [1.807, 2.05) is 6.07 Å². The zero-order valence-electron chi connectivity index (χ0n) is 18.2. The van der Waals surface area contributed by atoms with Crippen molar-refractivity contribution in [1.29, 1.82) is 0 Å². The summed E-state index contributed by atoms with van der Waals surface area (Å²) in [5.41, 5.74) is 6.60. The van der Waals surface area contributed by atoms with Gasteiger partial charge in [-0.25, -0.2) is 4.98 Å². The molecule has 164 valence electrons. The van der Waals surface area contributed by atoms with Crippen LogP contribution in [-0.2, 0) is 0 Å². The summed E-state index contributed by atoms with van der Waals surface area (Å²) in [6.45, 7) is 0.821. The van der Waals surface area contributed by atoms with E-state index < -0.39 is 0 Å². The highest BCUT2D eigenvalue weighted by Gasteiger charge is 2.16. The summed E-state index contributed by atoms with van der Waals surface area (Å²) in [4.78, 5) is 4.50. The number of nitrogens with two attached hydrogens (primary N) is 1. The Labute approximate surface area is 186 Å². The number of rotatable bonds is 6. The SMILES string of the molecule is CN.Clc1cnc(NC2CCCCC2)cc1-c1cccc(OCC2CCCCC2)c1. The molecule has 30 heavy (non-hydrogen) atoms. The molecule has 1 aromatic carbocycles. The summed E-state index contributed by atoms with van der Waals surface area (Å²) in [6, 6.07) is 10.9. The van der Waals surface area contributed by atoms with Gasteiger partial charge in [0, 0.05) is 17.8 Å². The summed E-state index contributed by atoms with van der Waals surface area (Å²) in [7, 11) is 1.50. The fourth-order valence-electron chi connectivity index (χ4n) is 4.52. The van der Waals surface area contributed by atoms with E-state index in [9.17, 15) is 0 Å². The maximum atomic E-state index is 6.49. The third kappa shape index (κ3) is 6.61. The number of pyridine rings is 1. The zero-order chi connectivity index (χ0) is 21.2. The van der Waals surface area contributed by atoms with Crippen molar-refractivity contribution < 1.29 is 4.74 Å². The topological polar surface area (TPSA) is 60.2 Å². The highest BCUT2D eigenvalue weighted by molar-refractivity contribution is 6.33. The van der Waals surface area contributed by atoms with Gasteiger partial charge in [-0.1, -0.05) is 62.3 Å². The predicted molar refractivity (Wildman–Crippen MR) is 127 cm³/mol. The molecule has 2 aromatic rings. The van der Waals surface area contributed by atoms with Gasteiger partial charge in [0.25, 0.3) is 0 Å². The van der Waals surface area contributed by atoms with E-state index in [1.165, 1.54) is 71.3 Å². The summed E-state index contributed by atoms with van der Waals surface area (Å²) >= 11 is 6.49. The van der Waals surface area contributed by atoms with Crippen molar-refractivity contribution in [3.63, 3.8) is 0 Å². The molecule has 3 N–H and O–H groups in total. The standard InChI is InChI=1S/C24H31ClN2O.CH5N/c25-23-16-26-24(27-20-11-5-2-6-12-20)15-22(23)19-10-7-13-21(14-19)28-17-18-8-3-1-4-9-18;1-2/h7,10,13-16,18,20H,1-6,8-9,11-12,17H2,(H,26,27);2H2,1H3. The zero-order valence-corrected chi connectivity index (χ0v) is 19.0. The molecule has 2 saturated carbocycles. The fraction of sp³-hybridized carbons (Fsp3) is 0.560. The van der Waals surface area contributed by atoms with Crippen LogP contribution >= 0.6 is 11.6 Å². The molecular formula is C25H36ClN3O. The molecule has 0 amide bonds. The van der Waals surface area contributed by atoms with Gasteiger partial charge in [0.1, 0.15) is 11.6 Å². The molecule has 1 heterocycles. The van der Waals surface area contributed by atoms with Crippen LogP contribution in [0.25, 0.3) is 11.1 Å². The van der Waals surface area contributed by atoms with Crippen LogP contribution in [0, 0.1) is 5.92 Å². The van der Waals surface area contributed by atoms with Crippen molar-refractivity contribution in [3.05, 3.63) is 41.6 Å². The average Bonchev–Trinajstić information content (AvgIpc) is 2.82. The van der Waals surface area contributed by atoms with Crippen LogP contribution in [0.5, 0.6) is 5.75 Å². The molecule has 0 aliphatic heterocycles. The third-order valence-electron chi connectivity index (χ3n) is 6.17. The minimum atomic E-state index is 0.528. The lowest BCUT2D eigenvalue weighted by Gasteiger charge is -2.23. The van der Waals surface area contributed by atoms with Crippen molar-refractivity contribution >= 4 is 17.4 Å². The Morgan fingerprint density at radius 3 is 2.43 bits per heavy atom. The van der Waals surface area contributed by atoms with Gasteiger partial charge in [-0.2, -0.15) is 0 Å². The van der Waals surface area contributed by atoms with Gasteiger partial charge in [0.2, 0.25) is 0 Å². The van der Waals surface area contributed by atoms with Crippen LogP contribution in [0.4, 0.5) is 5.82 Å². The van der Waals surface area contributed by atoms with Crippen LogP contribution in [-0.4, -0.2) is 24.7 Å². The van der Waals surface area contributed by atoms with Crippen molar-refractivity contribution in [1.82, 2.24) is 4.98 Å². The van der Waals surface area contributed by atoms with Crippen LogP contribution in [0.1, 0.15) is 64.2 Å². The normalized spacial score (nSPS) is 17.7. The largest absolute Gasteiger partial charge is 0.493 e. The molecule has 0 bridgehead atoms. The van der Waals surface area contributed by atoms with E-state index in [2.05, 4.69) is 40.3 Å². The molecule has 5 heteroatoms. The lowest BCUT2D eigenvalue weighted by molar-refractivity contribution is 0.209. The van der Waals surface area contributed by atoms with Gasteiger partial charge in [-0.3, -0.25) is 0 Å². The quantitative estimate of drug-likeness (QED) is 0.537. The molecule has 1 aromatic heterocycles. The van der Waals surface area contributed by atoms with Crippen molar-refractivity contribution in [2.24, 2.45) is 11.7 Å². The summed E-state index contributed by atoms with van der Waals surface area (Å²) in [5.74, 6) is 2.55. The molecule has 4 nitrogen and oxygen atoms in total. The molecule has 2 aliphatic carbocycles. The maximum absolute atomic E-state index is 6.49. The van der Waals surface area contributed by atoms with E-state index in [4.69, 9.17) is 16.3 Å². The average molecular weight is 430 g/mol. The Hall–Kier alpha value is -1.78. The molecule has 4 rings (SSSR count). The first-order valence-corrected chi connectivity index (χ1v) is 11.9. The maximum Gasteiger partial charge on any atom is 0.126 e. The lowest BCUT2D eigenvalue weighted by atomic mass is 9.90. The van der Waals surface area contributed by atoms with E-state index in [1.54, 1.807) is 6.20 Å². The van der Waals surface area contributed by atoms with Gasteiger partial charge in [-0.15, -0.1) is 0 Å². The second-order valence-corrected chi connectivity index (χ2v) is 8.78. The first kappa shape index (κ1) is 22.9. The van der Waals surface area contributed by atoms with Crippen LogP contribution in [0.15, 0.2) is 36.5 Å². The highest BCUT2D eigenvalue weighted by Crippen LogP contribution is 2.33. The number of hydrogen-bond donors (Lipinski definition) is 2. The predicted octanol–water partition coefficient (Wildman–Crippen LogP) is 6.68. The van der Waals surface area contributed by atoms with Gasteiger partial charge >= 0.3 is 0 Å². The molecule has 0 unspecified atom stereocenters. The van der Waals surface area contributed by atoms with E-state index in [-0.39, 0.29) is 0 Å². The van der Waals surface area contributed by atoms with Gasteiger partial charge in [0.15, 0.2) is 0 Å². The van der Waals surface area contributed by atoms with Crippen molar-refractivity contribution in [2.75, 3.05) is 19.0 Å². The Balaban J connectivity index is 0.00000124. The van der Waals surface area contributed by atoms with Gasteiger partial charge < -0.3 is 15.8 Å². The van der Waals surface area contributed by atoms with E-state index in [0.29, 0.717) is 17.0 Å². The number of hydrogen-bond acceptors (Lipinski definition) is 4. The van der Waals surface area contributed by atoms with Crippen molar-refractivity contribution in [3.8, 4) is 16.9 Å². The number of halogens is 1. The fourth-order valence-corrected chi connectivity index (χ4v) is 4.73. The molecule has 0 atom stereocenters.